The Labute approximate surface area is 114 Å². The monoisotopic (exact) mass is 262 g/mol. The van der Waals surface area contributed by atoms with Crippen LogP contribution in [0.5, 0.6) is 0 Å². The molecule has 1 heterocycles. The van der Waals surface area contributed by atoms with Gasteiger partial charge in [0.15, 0.2) is 5.78 Å². The van der Waals surface area contributed by atoms with E-state index in [9.17, 15) is 4.79 Å². The number of ketones is 1. The van der Waals surface area contributed by atoms with Gasteiger partial charge in [-0.3, -0.25) is 4.79 Å². The molecule has 0 spiro atoms. The third-order valence-electron chi connectivity index (χ3n) is 3.56. The van der Waals surface area contributed by atoms with Crippen LogP contribution in [0.15, 0.2) is 18.2 Å². The van der Waals surface area contributed by atoms with Gasteiger partial charge in [-0.05, 0) is 44.9 Å². The quantitative estimate of drug-likeness (QED) is 0.669. The molecule has 0 aromatic heterocycles. The van der Waals surface area contributed by atoms with Crippen LogP contribution in [0.2, 0.25) is 0 Å². The van der Waals surface area contributed by atoms with E-state index in [-0.39, 0.29) is 11.9 Å². The summed E-state index contributed by atoms with van der Waals surface area (Å²) < 4.78 is 5.70. The molecular weight excluding hydrogens is 240 g/mol. The van der Waals surface area contributed by atoms with Crippen molar-refractivity contribution in [1.29, 1.82) is 0 Å². The van der Waals surface area contributed by atoms with Crippen molar-refractivity contribution >= 4 is 17.2 Å². The second-order valence-electron chi connectivity index (χ2n) is 4.99. The summed E-state index contributed by atoms with van der Waals surface area (Å²) in [5.74, 6) is 0.0118. The molecule has 2 rings (SSSR count). The molecule has 4 heteroatoms. The summed E-state index contributed by atoms with van der Waals surface area (Å²) in [6, 6.07) is 5.69. The normalized spacial score (nSPS) is 19.5. The Morgan fingerprint density at radius 1 is 1.53 bits per heavy atom. The van der Waals surface area contributed by atoms with Gasteiger partial charge >= 0.3 is 0 Å². The lowest BCUT2D eigenvalue weighted by molar-refractivity contribution is 0.0527. The Bertz CT molecular complexity index is 457. The van der Waals surface area contributed by atoms with Crippen LogP contribution in [0, 0.1) is 0 Å². The Morgan fingerprint density at radius 3 is 3.00 bits per heavy atom. The maximum absolute atomic E-state index is 11.5. The van der Waals surface area contributed by atoms with Crippen LogP contribution in [0.1, 0.15) is 37.0 Å². The molecular formula is C15H22N2O2. The summed E-state index contributed by atoms with van der Waals surface area (Å²) in [7, 11) is 0. The van der Waals surface area contributed by atoms with Gasteiger partial charge < -0.3 is 15.4 Å². The highest BCUT2D eigenvalue weighted by molar-refractivity contribution is 6.00. The molecule has 1 aliphatic rings. The van der Waals surface area contributed by atoms with Gasteiger partial charge in [0.1, 0.15) is 0 Å². The molecule has 1 unspecified atom stereocenters. The standard InChI is InChI=1S/C15H22N2O2/c1-3-19-13-5-4-8-17(10-13)12-6-7-15(16)14(9-12)11(2)18/h6-7,9,13H,3-5,8,10,16H2,1-2H3. The highest BCUT2D eigenvalue weighted by Crippen LogP contribution is 2.25. The Kier molecular flexibility index (Phi) is 4.43. The van der Waals surface area contributed by atoms with Crippen molar-refractivity contribution in [1.82, 2.24) is 0 Å². The first kappa shape index (κ1) is 13.9. The fourth-order valence-corrected chi connectivity index (χ4v) is 2.59. The largest absolute Gasteiger partial charge is 0.398 e. The maximum Gasteiger partial charge on any atom is 0.161 e. The van der Waals surface area contributed by atoms with E-state index in [0.29, 0.717) is 11.3 Å². The Morgan fingerprint density at radius 2 is 2.32 bits per heavy atom. The molecule has 2 N–H and O–H groups in total. The van der Waals surface area contributed by atoms with Crippen molar-refractivity contribution in [2.45, 2.75) is 32.8 Å². The smallest absolute Gasteiger partial charge is 0.161 e. The van der Waals surface area contributed by atoms with Gasteiger partial charge in [-0.2, -0.15) is 0 Å². The number of Topliss-reactive ketones (excluding diaryl/α,β-unsaturated/α-hetero) is 1. The van der Waals surface area contributed by atoms with E-state index in [2.05, 4.69) is 4.90 Å². The van der Waals surface area contributed by atoms with Gasteiger partial charge in [-0.1, -0.05) is 0 Å². The number of nitrogens with two attached hydrogens (primary N) is 1. The summed E-state index contributed by atoms with van der Waals surface area (Å²) in [6.07, 6.45) is 2.51. The SMILES string of the molecule is CCOC1CCCN(c2ccc(N)c(C(C)=O)c2)C1. The number of anilines is 2. The van der Waals surface area contributed by atoms with E-state index in [1.807, 2.05) is 25.1 Å². The zero-order valence-corrected chi connectivity index (χ0v) is 11.7. The average molecular weight is 262 g/mol. The van der Waals surface area contributed by atoms with Crippen molar-refractivity contribution in [3.63, 3.8) is 0 Å². The minimum atomic E-state index is 0.0118. The molecule has 1 fully saturated rings. The molecule has 1 atom stereocenters. The van der Waals surface area contributed by atoms with Crippen LogP contribution in [-0.4, -0.2) is 31.6 Å². The van der Waals surface area contributed by atoms with E-state index in [1.54, 1.807) is 6.92 Å². The minimum absolute atomic E-state index is 0.0118. The fourth-order valence-electron chi connectivity index (χ4n) is 2.59. The van der Waals surface area contributed by atoms with Crippen LogP contribution in [-0.2, 0) is 4.74 Å². The van der Waals surface area contributed by atoms with E-state index in [1.165, 1.54) is 0 Å². The molecule has 0 radical (unpaired) electrons. The number of carbonyl (C=O) groups excluding carboxylic acids is 1. The molecule has 0 aliphatic carbocycles. The number of hydrogen-bond acceptors (Lipinski definition) is 4. The first-order valence-electron chi connectivity index (χ1n) is 6.88. The number of carbonyl (C=O) groups is 1. The van der Waals surface area contributed by atoms with Crippen LogP contribution >= 0.6 is 0 Å². The summed E-state index contributed by atoms with van der Waals surface area (Å²) in [6.45, 7) is 6.21. The molecule has 19 heavy (non-hydrogen) atoms. The Hall–Kier alpha value is -1.55. The summed E-state index contributed by atoms with van der Waals surface area (Å²) in [5, 5.41) is 0. The molecule has 1 aliphatic heterocycles. The van der Waals surface area contributed by atoms with Gasteiger partial charge in [-0.25, -0.2) is 0 Å². The van der Waals surface area contributed by atoms with Gasteiger partial charge in [0, 0.05) is 36.6 Å². The third-order valence-corrected chi connectivity index (χ3v) is 3.56. The van der Waals surface area contributed by atoms with Crippen molar-refractivity contribution in [2.75, 3.05) is 30.3 Å². The second-order valence-corrected chi connectivity index (χ2v) is 4.99. The Balaban J connectivity index is 2.17. The topological polar surface area (TPSA) is 55.6 Å². The molecule has 0 saturated carbocycles. The van der Waals surface area contributed by atoms with Gasteiger partial charge in [0.05, 0.1) is 6.10 Å². The van der Waals surface area contributed by atoms with Crippen molar-refractivity contribution in [3.05, 3.63) is 23.8 Å². The lowest BCUT2D eigenvalue weighted by Crippen LogP contribution is -2.39. The lowest BCUT2D eigenvalue weighted by atomic mass is 10.0. The van der Waals surface area contributed by atoms with E-state index in [0.717, 1.165) is 38.2 Å². The number of ether oxygens (including phenoxy) is 1. The molecule has 1 aromatic rings. The summed E-state index contributed by atoms with van der Waals surface area (Å²) in [4.78, 5) is 13.8. The zero-order chi connectivity index (χ0) is 13.8. The number of rotatable bonds is 4. The second kappa shape index (κ2) is 6.06. The number of nitrogen functional groups attached to an aromatic ring is 1. The number of benzene rings is 1. The highest BCUT2D eigenvalue weighted by atomic mass is 16.5. The predicted octanol–water partition coefficient (Wildman–Crippen LogP) is 2.48. The fraction of sp³-hybridized carbons (Fsp3) is 0.533. The van der Waals surface area contributed by atoms with Crippen LogP contribution in [0.25, 0.3) is 0 Å². The molecule has 4 nitrogen and oxygen atoms in total. The van der Waals surface area contributed by atoms with Gasteiger partial charge in [0.25, 0.3) is 0 Å². The van der Waals surface area contributed by atoms with Crippen LogP contribution in [0.3, 0.4) is 0 Å². The average Bonchev–Trinajstić information content (AvgIpc) is 2.39. The number of hydrogen-bond donors (Lipinski definition) is 1. The van der Waals surface area contributed by atoms with Crippen molar-refractivity contribution in [3.8, 4) is 0 Å². The van der Waals surface area contributed by atoms with Gasteiger partial charge in [-0.15, -0.1) is 0 Å². The summed E-state index contributed by atoms with van der Waals surface area (Å²) >= 11 is 0. The van der Waals surface area contributed by atoms with Crippen molar-refractivity contribution in [2.24, 2.45) is 0 Å². The molecule has 0 bridgehead atoms. The third kappa shape index (κ3) is 3.26. The molecule has 1 saturated heterocycles. The van der Waals surface area contributed by atoms with E-state index in [4.69, 9.17) is 10.5 Å². The van der Waals surface area contributed by atoms with E-state index < -0.39 is 0 Å². The zero-order valence-electron chi connectivity index (χ0n) is 11.7. The first-order chi connectivity index (χ1) is 9.11. The predicted molar refractivity (Wildman–Crippen MR) is 77.7 cm³/mol. The number of piperidine rings is 1. The number of nitrogens with zero attached hydrogens (tertiary/aromatic N) is 1. The lowest BCUT2D eigenvalue weighted by Gasteiger charge is -2.34. The highest BCUT2D eigenvalue weighted by Gasteiger charge is 2.21. The first-order valence-corrected chi connectivity index (χ1v) is 6.88. The molecule has 0 amide bonds. The maximum atomic E-state index is 11.5. The van der Waals surface area contributed by atoms with Gasteiger partial charge in [0.2, 0.25) is 0 Å². The summed E-state index contributed by atoms with van der Waals surface area (Å²) in [5.41, 5.74) is 8.05. The minimum Gasteiger partial charge on any atom is -0.398 e. The molecule has 104 valence electrons. The van der Waals surface area contributed by atoms with Crippen molar-refractivity contribution < 1.29 is 9.53 Å². The van der Waals surface area contributed by atoms with Crippen LogP contribution in [0.4, 0.5) is 11.4 Å². The van der Waals surface area contributed by atoms with Crippen LogP contribution < -0.4 is 10.6 Å². The van der Waals surface area contributed by atoms with E-state index >= 15 is 0 Å². The molecule has 1 aromatic carbocycles.